The molecule has 0 saturated heterocycles. The van der Waals surface area contributed by atoms with E-state index in [9.17, 15) is 4.79 Å². The molecule has 4 nitrogen and oxygen atoms in total. The number of carbonyl (C=O) groups excluding carboxylic acids is 1. The third-order valence-electron chi connectivity index (χ3n) is 5.56. The van der Waals surface area contributed by atoms with Crippen molar-refractivity contribution in [3.8, 4) is 0 Å². The van der Waals surface area contributed by atoms with Crippen LogP contribution in [0.1, 0.15) is 92.2 Å². The van der Waals surface area contributed by atoms with Crippen molar-refractivity contribution in [2.75, 3.05) is 20.3 Å². The van der Waals surface area contributed by atoms with Gasteiger partial charge in [0.1, 0.15) is 0 Å². The summed E-state index contributed by atoms with van der Waals surface area (Å²) < 4.78 is 10.7. The van der Waals surface area contributed by atoms with Crippen LogP contribution in [0.4, 0.5) is 0 Å². The van der Waals surface area contributed by atoms with Gasteiger partial charge in [0.15, 0.2) is 0 Å². The lowest BCUT2D eigenvalue weighted by atomic mass is 9.68. The molecule has 4 heteroatoms. The summed E-state index contributed by atoms with van der Waals surface area (Å²) in [5.41, 5.74) is 6.46. The van der Waals surface area contributed by atoms with Gasteiger partial charge < -0.3 is 9.47 Å². The highest BCUT2D eigenvalue weighted by Gasteiger charge is 2.37. The highest BCUT2D eigenvalue weighted by Crippen LogP contribution is 2.46. The van der Waals surface area contributed by atoms with Crippen LogP contribution in [0.5, 0.6) is 0 Å². The second-order valence-electron chi connectivity index (χ2n) is 8.75. The molecule has 2 heterocycles. The fourth-order valence-electron chi connectivity index (χ4n) is 4.60. The molecule has 0 radical (unpaired) electrons. The van der Waals surface area contributed by atoms with Crippen molar-refractivity contribution in [1.29, 1.82) is 0 Å². The molecule has 0 N–H and O–H groups in total. The van der Waals surface area contributed by atoms with Crippen molar-refractivity contribution in [1.82, 2.24) is 4.98 Å². The van der Waals surface area contributed by atoms with Crippen molar-refractivity contribution in [2.45, 2.75) is 65.7 Å². The third-order valence-corrected chi connectivity index (χ3v) is 5.56. The number of pyridine rings is 1. The molecule has 1 aromatic rings. The molecular weight excluding hydrogens is 326 g/mol. The first-order valence-electron chi connectivity index (χ1n) is 9.67. The minimum atomic E-state index is -0.275. The SMILES string of the molecule is COC(=O)c1c(C(C)C)nc2c(c1C1=CCOCC1)[C@H](C)CC(C)(C)C2. The van der Waals surface area contributed by atoms with Crippen molar-refractivity contribution in [3.05, 3.63) is 34.2 Å². The lowest BCUT2D eigenvalue weighted by Gasteiger charge is -2.38. The molecule has 1 atom stereocenters. The summed E-state index contributed by atoms with van der Waals surface area (Å²) in [6.07, 6.45) is 5.00. The normalized spacial score (nSPS) is 22.0. The first-order valence-corrected chi connectivity index (χ1v) is 9.67. The molecule has 2 aliphatic rings. The van der Waals surface area contributed by atoms with Crippen LogP contribution in [0.15, 0.2) is 6.08 Å². The fraction of sp³-hybridized carbons (Fsp3) is 0.636. The van der Waals surface area contributed by atoms with Gasteiger partial charge in [-0.1, -0.05) is 40.7 Å². The number of fused-ring (bicyclic) bond motifs is 1. The maximum atomic E-state index is 12.8. The van der Waals surface area contributed by atoms with Crippen molar-refractivity contribution < 1.29 is 14.3 Å². The second kappa shape index (κ2) is 7.15. The Morgan fingerprint density at radius 1 is 1.38 bits per heavy atom. The van der Waals surface area contributed by atoms with Crippen LogP contribution in [-0.2, 0) is 15.9 Å². The molecule has 0 unspecified atom stereocenters. The predicted octanol–water partition coefficient (Wildman–Crippen LogP) is 4.87. The number of hydrogen-bond acceptors (Lipinski definition) is 4. The van der Waals surface area contributed by atoms with Gasteiger partial charge in [-0.2, -0.15) is 0 Å². The zero-order valence-corrected chi connectivity index (χ0v) is 16.9. The highest BCUT2D eigenvalue weighted by atomic mass is 16.5. The Labute approximate surface area is 157 Å². The zero-order valence-electron chi connectivity index (χ0n) is 16.9. The first-order chi connectivity index (χ1) is 12.2. The molecule has 3 rings (SSSR count). The predicted molar refractivity (Wildman–Crippen MR) is 104 cm³/mol. The van der Waals surface area contributed by atoms with E-state index in [1.54, 1.807) is 0 Å². The molecular formula is C22H31NO3. The van der Waals surface area contributed by atoms with Gasteiger partial charge in [0.2, 0.25) is 0 Å². The Morgan fingerprint density at radius 3 is 2.69 bits per heavy atom. The molecule has 0 spiro atoms. The zero-order chi connectivity index (χ0) is 19.1. The summed E-state index contributed by atoms with van der Waals surface area (Å²) in [5.74, 6) is 0.252. The molecule has 1 aliphatic carbocycles. The Hall–Kier alpha value is -1.68. The molecule has 1 aliphatic heterocycles. The van der Waals surface area contributed by atoms with Gasteiger partial charge >= 0.3 is 5.97 Å². The fourth-order valence-corrected chi connectivity index (χ4v) is 4.60. The average Bonchev–Trinajstić information content (AvgIpc) is 2.59. The summed E-state index contributed by atoms with van der Waals surface area (Å²) in [6, 6.07) is 0. The van der Waals surface area contributed by atoms with Gasteiger partial charge in [0.05, 0.1) is 31.6 Å². The van der Waals surface area contributed by atoms with Crippen LogP contribution < -0.4 is 0 Å². The lowest BCUT2D eigenvalue weighted by Crippen LogP contribution is -2.29. The monoisotopic (exact) mass is 357 g/mol. The molecule has 0 bridgehead atoms. The van der Waals surface area contributed by atoms with Crippen LogP contribution in [-0.4, -0.2) is 31.3 Å². The quantitative estimate of drug-likeness (QED) is 0.724. The Morgan fingerprint density at radius 2 is 2.12 bits per heavy atom. The topological polar surface area (TPSA) is 48.4 Å². The van der Waals surface area contributed by atoms with E-state index in [0.29, 0.717) is 24.7 Å². The van der Waals surface area contributed by atoms with Gasteiger partial charge in [-0.3, -0.25) is 4.98 Å². The number of rotatable bonds is 3. The van der Waals surface area contributed by atoms with Gasteiger partial charge in [-0.25, -0.2) is 4.79 Å². The molecule has 0 saturated carbocycles. The minimum Gasteiger partial charge on any atom is -0.465 e. The summed E-state index contributed by atoms with van der Waals surface area (Å²) in [4.78, 5) is 17.8. The lowest BCUT2D eigenvalue weighted by molar-refractivity contribution is 0.0597. The van der Waals surface area contributed by atoms with E-state index in [1.807, 2.05) is 0 Å². The number of methoxy groups -OCH3 is 1. The molecule has 26 heavy (non-hydrogen) atoms. The van der Waals surface area contributed by atoms with Gasteiger partial charge in [-0.05, 0) is 53.2 Å². The molecule has 142 valence electrons. The number of nitrogens with zero attached hydrogens (tertiary/aromatic N) is 1. The van der Waals surface area contributed by atoms with E-state index in [-0.39, 0.29) is 17.3 Å². The minimum absolute atomic E-state index is 0.161. The molecule has 0 aromatic carbocycles. The summed E-state index contributed by atoms with van der Waals surface area (Å²) >= 11 is 0. The van der Waals surface area contributed by atoms with Crippen LogP contribution in [0.2, 0.25) is 0 Å². The Balaban J connectivity index is 2.35. The van der Waals surface area contributed by atoms with Gasteiger partial charge in [0, 0.05) is 5.69 Å². The van der Waals surface area contributed by atoms with Gasteiger partial charge in [0.25, 0.3) is 0 Å². The van der Waals surface area contributed by atoms with Crippen LogP contribution >= 0.6 is 0 Å². The third kappa shape index (κ3) is 3.44. The smallest absolute Gasteiger partial charge is 0.340 e. The number of hydrogen-bond donors (Lipinski definition) is 0. The van der Waals surface area contributed by atoms with Crippen molar-refractivity contribution in [2.24, 2.45) is 5.41 Å². The average molecular weight is 357 g/mol. The van der Waals surface area contributed by atoms with Crippen LogP contribution in [0.3, 0.4) is 0 Å². The van der Waals surface area contributed by atoms with E-state index in [2.05, 4.69) is 40.7 Å². The summed E-state index contributed by atoms with van der Waals surface area (Å²) in [6.45, 7) is 12.4. The summed E-state index contributed by atoms with van der Waals surface area (Å²) in [5, 5.41) is 0. The van der Waals surface area contributed by atoms with Crippen LogP contribution in [0.25, 0.3) is 5.57 Å². The first kappa shape index (κ1) is 19.1. The van der Waals surface area contributed by atoms with E-state index in [0.717, 1.165) is 36.2 Å². The second-order valence-corrected chi connectivity index (χ2v) is 8.75. The van der Waals surface area contributed by atoms with E-state index >= 15 is 0 Å². The van der Waals surface area contributed by atoms with Gasteiger partial charge in [-0.15, -0.1) is 0 Å². The number of ether oxygens (including phenoxy) is 2. The largest absolute Gasteiger partial charge is 0.465 e. The number of esters is 1. The Kier molecular flexibility index (Phi) is 5.25. The Bertz CT molecular complexity index is 746. The summed E-state index contributed by atoms with van der Waals surface area (Å²) in [7, 11) is 1.46. The van der Waals surface area contributed by atoms with Crippen molar-refractivity contribution >= 4 is 11.5 Å². The highest BCUT2D eigenvalue weighted by molar-refractivity contribution is 5.98. The molecule has 0 amide bonds. The standard InChI is InChI=1S/C22H31NO3/c1-13(2)20-19(21(24)25-6)18(15-7-9-26-10-8-15)17-14(3)11-22(4,5)12-16(17)23-20/h7,13-14H,8-12H2,1-6H3/t14-/m1/s1. The van der Waals surface area contributed by atoms with E-state index in [4.69, 9.17) is 14.5 Å². The maximum absolute atomic E-state index is 12.8. The van der Waals surface area contributed by atoms with E-state index < -0.39 is 0 Å². The van der Waals surface area contributed by atoms with E-state index in [1.165, 1.54) is 18.2 Å². The molecule has 0 fully saturated rings. The number of carbonyl (C=O) groups is 1. The molecule has 1 aromatic heterocycles. The van der Waals surface area contributed by atoms with Crippen molar-refractivity contribution in [3.63, 3.8) is 0 Å². The van der Waals surface area contributed by atoms with Crippen LogP contribution in [0, 0.1) is 5.41 Å². The number of aromatic nitrogens is 1. The maximum Gasteiger partial charge on any atom is 0.340 e.